The van der Waals surface area contributed by atoms with Crippen molar-refractivity contribution in [2.75, 3.05) is 45.1 Å². The Hall–Kier alpha value is -3.40. The quantitative estimate of drug-likeness (QED) is 0.537. The Bertz CT molecular complexity index is 911. The Morgan fingerprint density at radius 3 is 2.30 bits per heavy atom. The van der Waals surface area contributed by atoms with Gasteiger partial charge < -0.3 is 30.0 Å². The smallest absolute Gasteiger partial charge is 0.231 e. The van der Waals surface area contributed by atoms with Gasteiger partial charge in [0.2, 0.25) is 11.7 Å². The predicted molar refractivity (Wildman–Crippen MR) is 100 cm³/mol. The van der Waals surface area contributed by atoms with Gasteiger partial charge in [0.15, 0.2) is 28.5 Å². The van der Waals surface area contributed by atoms with Gasteiger partial charge in [0, 0.05) is 36.8 Å². The van der Waals surface area contributed by atoms with E-state index in [1.165, 1.54) is 7.11 Å². The largest absolute Gasteiger partial charge is 0.493 e. The second-order valence-electron chi connectivity index (χ2n) is 5.31. The van der Waals surface area contributed by atoms with E-state index < -0.39 is 0 Å². The number of hydrogen-bond acceptors (Lipinski definition) is 10. The highest BCUT2D eigenvalue weighted by Gasteiger charge is 2.15. The summed E-state index contributed by atoms with van der Waals surface area (Å²) in [7, 11) is 4.62. The highest BCUT2D eigenvalue weighted by Crippen LogP contribution is 2.40. The molecule has 10 nitrogen and oxygen atoms in total. The van der Waals surface area contributed by atoms with E-state index in [1.54, 1.807) is 38.7 Å². The van der Waals surface area contributed by atoms with Crippen molar-refractivity contribution < 1.29 is 19.3 Å². The second-order valence-corrected chi connectivity index (χ2v) is 5.31. The van der Waals surface area contributed by atoms with Crippen molar-refractivity contribution in [2.45, 2.75) is 0 Å². The van der Waals surface area contributed by atoms with E-state index in [1.807, 2.05) is 0 Å². The summed E-state index contributed by atoms with van der Waals surface area (Å²) in [6.45, 7) is 0.285. The zero-order chi connectivity index (χ0) is 19.2. The van der Waals surface area contributed by atoms with Gasteiger partial charge in [-0.15, -0.1) is 0 Å². The fourth-order valence-electron chi connectivity index (χ4n) is 2.50. The Kier molecular flexibility index (Phi) is 5.67. The summed E-state index contributed by atoms with van der Waals surface area (Å²) in [5.41, 5.74) is 1.57. The number of ether oxygens (including phenoxy) is 3. The molecule has 0 aliphatic heterocycles. The number of aliphatic hydroxyl groups excluding tert-OH is 1. The Balaban J connectivity index is 2.01. The van der Waals surface area contributed by atoms with Gasteiger partial charge in [-0.2, -0.15) is 9.97 Å². The molecule has 0 saturated carbocycles. The van der Waals surface area contributed by atoms with Crippen LogP contribution in [0.3, 0.4) is 0 Å². The molecule has 2 heterocycles. The molecular formula is C17H20N6O4. The van der Waals surface area contributed by atoms with Crippen molar-refractivity contribution in [3.05, 3.63) is 24.5 Å². The second kappa shape index (κ2) is 8.32. The summed E-state index contributed by atoms with van der Waals surface area (Å²) >= 11 is 0. The van der Waals surface area contributed by atoms with Crippen molar-refractivity contribution in [1.29, 1.82) is 0 Å². The van der Waals surface area contributed by atoms with Gasteiger partial charge in [-0.05, 0) is 0 Å². The van der Waals surface area contributed by atoms with Gasteiger partial charge in [-0.1, -0.05) is 0 Å². The third kappa shape index (κ3) is 3.90. The molecule has 10 heteroatoms. The summed E-state index contributed by atoms with van der Waals surface area (Å²) in [5, 5.41) is 15.2. The zero-order valence-corrected chi connectivity index (χ0v) is 15.2. The van der Waals surface area contributed by atoms with Crippen LogP contribution in [0.4, 0.5) is 17.5 Å². The lowest BCUT2D eigenvalue weighted by atomic mass is 10.2. The first kappa shape index (κ1) is 18.4. The standard InChI is InChI=1S/C17H20N6O4/c1-25-11-8-10(9-12(26-2)14(11)27-3)21-17-22-15-13(18-4-5-19-15)16(23-17)20-6-7-24/h4-5,8-9,24H,6-7H2,1-3H3,(H2,19,20,21,22,23). The molecule has 0 amide bonds. The first-order chi connectivity index (χ1) is 13.2. The van der Waals surface area contributed by atoms with Crippen molar-refractivity contribution in [2.24, 2.45) is 0 Å². The maximum atomic E-state index is 9.07. The molecule has 0 fully saturated rings. The molecule has 2 aromatic heterocycles. The van der Waals surface area contributed by atoms with Gasteiger partial charge in [-0.3, -0.25) is 0 Å². The third-order valence-corrected chi connectivity index (χ3v) is 3.66. The number of benzene rings is 1. The highest BCUT2D eigenvalue weighted by molar-refractivity contribution is 5.83. The average molecular weight is 372 g/mol. The number of hydrogen-bond donors (Lipinski definition) is 3. The minimum Gasteiger partial charge on any atom is -0.493 e. The number of methoxy groups -OCH3 is 3. The summed E-state index contributed by atoms with van der Waals surface area (Å²) in [4.78, 5) is 17.3. The number of aliphatic hydroxyl groups is 1. The van der Waals surface area contributed by atoms with Gasteiger partial charge in [0.1, 0.15) is 0 Å². The minimum atomic E-state index is -0.0403. The summed E-state index contributed by atoms with van der Waals surface area (Å²) in [6, 6.07) is 3.48. The number of nitrogens with one attached hydrogen (secondary N) is 2. The third-order valence-electron chi connectivity index (χ3n) is 3.66. The lowest BCUT2D eigenvalue weighted by Gasteiger charge is -2.15. The van der Waals surface area contributed by atoms with E-state index in [9.17, 15) is 0 Å². The zero-order valence-electron chi connectivity index (χ0n) is 15.2. The van der Waals surface area contributed by atoms with E-state index in [-0.39, 0.29) is 6.61 Å². The van der Waals surface area contributed by atoms with Crippen LogP contribution in [0.1, 0.15) is 0 Å². The number of fused-ring (bicyclic) bond motifs is 1. The molecule has 1 aromatic carbocycles. The fraction of sp³-hybridized carbons (Fsp3) is 0.294. The first-order valence-electron chi connectivity index (χ1n) is 8.10. The molecule has 0 atom stereocenters. The first-order valence-corrected chi connectivity index (χ1v) is 8.10. The summed E-state index contributed by atoms with van der Waals surface area (Å²) in [6.07, 6.45) is 3.11. The van der Waals surface area contributed by atoms with Crippen molar-refractivity contribution in [3.8, 4) is 17.2 Å². The highest BCUT2D eigenvalue weighted by atomic mass is 16.5. The normalized spacial score (nSPS) is 10.5. The number of rotatable bonds is 8. The van der Waals surface area contributed by atoms with E-state index >= 15 is 0 Å². The van der Waals surface area contributed by atoms with Crippen LogP contribution in [0, 0.1) is 0 Å². The number of anilines is 3. The Morgan fingerprint density at radius 1 is 0.963 bits per heavy atom. The molecule has 3 rings (SSSR count). The topological polar surface area (TPSA) is 124 Å². The molecular weight excluding hydrogens is 352 g/mol. The van der Waals surface area contributed by atoms with Gasteiger partial charge in [0.05, 0.1) is 27.9 Å². The number of aromatic nitrogens is 4. The molecule has 0 spiro atoms. The minimum absolute atomic E-state index is 0.0403. The van der Waals surface area contributed by atoms with E-state index in [0.717, 1.165) is 0 Å². The van der Waals surface area contributed by atoms with Crippen LogP contribution in [-0.4, -0.2) is 59.5 Å². The van der Waals surface area contributed by atoms with Crippen LogP contribution >= 0.6 is 0 Å². The molecule has 0 bridgehead atoms. The number of nitrogens with zero attached hydrogens (tertiary/aromatic N) is 4. The van der Waals surface area contributed by atoms with E-state index in [0.29, 0.717) is 52.4 Å². The molecule has 27 heavy (non-hydrogen) atoms. The van der Waals surface area contributed by atoms with Crippen LogP contribution in [0.2, 0.25) is 0 Å². The van der Waals surface area contributed by atoms with Crippen LogP contribution in [0.5, 0.6) is 17.2 Å². The monoisotopic (exact) mass is 372 g/mol. The van der Waals surface area contributed by atoms with Crippen LogP contribution in [0.25, 0.3) is 11.2 Å². The molecule has 0 aliphatic rings. The van der Waals surface area contributed by atoms with Crippen LogP contribution in [-0.2, 0) is 0 Å². The predicted octanol–water partition coefficient (Wildman–Crippen LogP) is 1.59. The van der Waals surface area contributed by atoms with Crippen LogP contribution < -0.4 is 24.8 Å². The maximum Gasteiger partial charge on any atom is 0.231 e. The fourth-order valence-corrected chi connectivity index (χ4v) is 2.50. The molecule has 3 aromatic rings. The van der Waals surface area contributed by atoms with Gasteiger partial charge in [0.25, 0.3) is 0 Å². The van der Waals surface area contributed by atoms with Gasteiger partial charge in [-0.25, -0.2) is 9.97 Å². The van der Waals surface area contributed by atoms with E-state index in [4.69, 9.17) is 19.3 Å². The SMILES string of the molecule is COc1cc(Nc2nc(NCCO)c3nccnc3n2)cc(OC)c1OC. The van der Waals surface area contributed by atoms with Crippen LogP contribution in [0.15, 0.2) is 24.5 Å². The molecule has 0 saturated heterocycles. The van der Waals surface area contributed by atoms with Crippen molar-refractivity contribution in [1.82, 2.24) is 19.9 Å². The molecule has 3 N–H and O–H groups in total. The molecule has 0 unspecified atom stereocenters. The summed E-state index contributed by atoms with van der Waals surface area (Å²) < 4.78 is 16.0. The Labute approximate surface area is 155 Å². The molecule has 0 aliphatic carbocycles. The maximum absolute atomic E-state index is 9.07. The lowest BCUT2D eigenvalue weighted by molar-refractivity contribution is 0.311. The van der Waals surface area contributed by atoms with Crippen molar-refractivity contribution >= 4 is 28.6 Å². The average Bonchev–Trinajstić information content (AvgIpc) is 2.71. The Morgan fingerprint density at radius 2 is 1.67 bits per heavy atom. The molecule has 142 valence electrons. The summed E-state index contributed by atoms with van der Waals surface area (Å²) in [5.74, 6) is 2.26. The van der Waals surface area contributed by atoms with Gasteiger partial charge >= 0.3 is 0 Å². The molecule has 0 radical (unpaired) electrons. The van der Waals surface area contributed by atoms with Crippen molar-refractivity contribution in [3.63, 3.8) is 0 Å². The lowest BCUT2D eigenvalue weighted by Crippen LogP contribution is -2.10. The van der Waals surface area contributed by atoms with E-state index in [2.05, 4.69) is 30.6 Å².